The van der Waals surface area contributed by atoms with E-state index in [4.69, 9.17) is 21.6 Å². The molecule has 264 valence electrons. The zero-order valence-corrected chi connectivity index (χ0v) is 28.0. The molecule has 0 fully saturated rings. The van der Waals surface area contributed by atoms with Crippen molar-refractivity contribution < 1.29 is 37.4 Å². The Morgan fingerprint density at radius 1 is 0.940 bits per heavy atom. The predicted molar refractivity (Wildman–Crippen MR) is 186 cm³/mol. The Morgan fingerprint density at radius 2 is 1.68 bits per heavy atom. The van der Waals surface area contributed by atoms with Gasteiger partial charge in [0.15, 0.2) is 0 Å². The van der Waals surface area contributed by atoms with Gasteiger partial charge in [-0.3, -0.25) is 19.8 Å². The van der Waals surface area contributed by atoms with Gasteiger partial charge in [0.2, 0.25) is 27.7 Å². The molecule has 4 aromatic rings. The molecule has 50 heavy (non-hydrogen) atoms. The van der Waals surface area contributed by atoms with E-state index in [-0.39, 0.29) is 49.6 Å². The van der Waals surface area contributed by atoms with E-state index >= 15 is 0 Å². The van der Waals surface area contributed by atoms with Gasteiger partial charge in [-0.15, -0.1) is 0 Å². The zero-order valence-electron chi connectivity index (χ0n) is 27.2. The van der Waals surface area contributed by atoms with Crippen molar-refractivity contribution >= 4 is 50.5 Å². The van der Waals surface area contributed by atoms with Crippen molar-refractivity contribution in [3.8, 4) is 5.75 Å². The number of carboxylic acids is 1. The molecule has 0 saturated heterocycles. The van der Waals surface area contributed by atoms with Crippen molar-refractivity contribution in [2.24, 2.45) is 11.5 Å². The minimum absolute atomic E-state index is 0.0661. The van der Waals surface area contributed by atoms with Crippen LogP contribution < -0.4 is 31.6 Å². The van der Waals surface area contributed by atoms with Crippen LogP contribution in [0.25, 0.3) is 10.9 Å². The predicted octanol–water partition coefficient (Wildman–Crippen LogP) is 1.65. The fourth-order valence-corrected chi connectivity index (χ4v) is 5.82. The number of carbonyl (C=O) groups excluding carboxylic acids is 3. The molecule has 0 radical (unpaired) electrons. The molecule has 0 saturated carbocycles. The number of aromatic carboxylic acids is 1. The number of aromatic nitrogens is 1. The van der Waals surface area contributed by atoms with Crippen LogP contribution in [0.15, 0.2) is 72.9 Å². The van der Waals surface area contributed by atoms with E-state index in [2.05, 4.69) is 20.3 Å². The smallest absolute Gasteiger partial charge is 0.335 e. The highest BCUT2D eigenvalue weighted by molar-refractivity contribution is 7.89. The number of fused-ring (bicyclic) bond motifs is 1. The van der Waals surface area contributed by atoms with Gasteiger partial charge in [0.25, 0.3) is 0 Å². The topological polar surface area (TPSA) is 260 Å². The maximum Gasteiger partial charge on any atom is 0.335 e. The number of nitrogens with two attached hydrogens (primary N) is 2. The summed E-state index contributed by atoms with van der Waals surface area (Å²) >= 11 is 0. The number of aromatic amines is 1. The summed E-state index contributed by atoms with van der Waals surface area (Å²) in [6.45, 7) is 1.58. The average Bonchev–Trinajstić information content (AvgIpc) is 3.49. The molecular weight excluding hydrogens is 666 g/mol. The molecular formula is C34H39N7O8S. The number of amidine groups is 1. The fraction of sp³-hybridized carbons (Fsp3) is 0.265. The maximum atomic E-state index is 13.7. The standard InChI is InChI=1S/C34H39N7O8S/c1-2-50(47,48)41-29(33(44)40-28(12-13-30(35)42)32(43)39-17-20-6-8-22(9-7-20)31(36)37)15-24-18-38-27-11-10-25(16-26(24)27)49-19-21-4-3-5-23(14-21)34(45)46/h3-11,14,16,18,28-29,38,41H,2,12-13,15,17,19H2,1H3,(H2,35,42)(H3,36,37)(H,39,43)(H,40,44)(H,45,46)/t28-,29+/m0/s1. The number of nitrogen functional groups attached to an aromatic ring is 1. The van der Waals surface area contributed by atoms with Crippen LogP contribution in [-0.4, -0.2) is 65.9 Å². The van der Waals surface area contributed by atoms with Gasteiger partial charge >= 0.3 is 5.97 Å². The number of rotatable bonds is 18. The van der Waals surface area contributed by atoms with E-state index in [1.54, 1.807) is 60.8 Å². The second-order valence-corrected chi connectivity index (χ2v) is 13.5. The van der Waals surface area contributed by atoms with Crippen LogP contribution >= 0.6 is 0 Å². The third-order valence-electron chi connectivity index (χ3n) is 7.80. The van der Waals surface area contributed by atoms with Crippen molar-refractivity contribution in [2.75, 3.05) is 5.75 Å². The van der Waals surface area contributed by atoms with Crippen LogP contribution in [0.4, 0.5) is 0 Å². The summed E-state index contributed by atoms with van der Waals surface area (Å²) in [5.41, 5.74) is 14.0. The maximum absolute atomic E-state index is 13.7. The Balaban J connectivity index is 1.52. The van der Waals surface area contributed by atoms with Crippen molar-refractivity contribution in [1.29, 1.82) is 5.41 Å². The molecule has 0 aliphatic rings. The summed E-state index contributed by atoms with van der Waals surface area (Å²) in [6.07, 6.45) is 1.18. The molecule has 10 N–H and O–H groups in total. The number of carbonyl (C=O) groups is 4. The summed E-state index contributed by atoms with van der Waals surface area (Å²) in [7, 11) is -3.90. The fourth-order valence-electron chi connectivity index (χ4n) is 5.03. The van der Waals surface area contributed by atoms with Gasteiger partial charge in [-0.25, -0.2) is 17.9 Å². The van der Waals surface area contributed by atoms with Gasteiger partial charge in [-0.05, 0) is 66.8 Å². The van der Waals surface area contributed by atoms with Crippen LogP contribution in [0.3, 0.4) is 0 Å². The Kier molecular flexibility index (Phi) is 12.3. The number of benzene rings is 3. The molecule has 4 rings (SSSR count). The third kappa shape index (κ3) is 10.4. The first-order chi connectivity index (χ1) is 23.7. The molecule has 0 spiro atoms. The summed E-state index contributed by atoms with van der Waals surface area (Å²) in [5.74, 6) is -3.11. The van der Waals surface area contributed by atoms with Gasteiger partial charge in [0, 0.05) is 35.6 Å². The highest BCUT2D eigenvalue weighted by Crippen LogP contribution is 2.26. The number of hydrogen-bond donors (Lipinski definition) is 8. The molecule has 2 atom stereocenters. The second kappa shape index (κ2) is 16.6. The Hall–Kier alpha value is -5.74. The molecule has 0 unspecified atom stereocenters. The van der Waals surface area contributed by atoms with E-state index in [0.717, 1.165) is 0 Å². The number of primary amides is 1. The molecule has 0 bridgehead atoms. The van der Waals surface area contributed by atoms with Crippen molar-refractivity contribution in [3.63, 3.8) is 0 Å². The van der Waals surface area contributed by atoms with Crippen molar-refractivity contribution in [2.45, 2.75) is 51.4 Å². The van der Waals surface area contributed by atoms with E-state index in [1.807, 2.05) is 0 Å². The summed E-state index contributed by atoms with van der Waals surface area (Å²) in [5, 5.41) is 22.7. The van der Waals surface area contributed by atoms with Crippen LogP contribution in [0.1, 0.15) is 52.4 Å². The van der Waals surface area contributed by atoms with Crippen LogP contribution in [0, 0.1) is 5.41 Å². The molecule has 1 heterocycles. The average molecular weight is 706 g/mol. The quantitative estimate of drug-likeness (QED) is 0.0552. The summed E-state index contributed by atoms with van der Waals surface area (Å²) in [4.78, 5) is 52.9. The molecule has 16 heteroatoms. The lowest BCUT2D eigenvalue weighted by Gasteiger charge is -2.23. The Bertz CT molecular complexity index is 1990. The molecule has 3 aromatic carbocycles. The lowest BCUT2D eigenvalue weighted by molar-refractivity contribution is -0.130. The zero-order chi connectivity index (χ0) is 36.4. The van der Waals surface area contributed by atoms with Gasteiger partial charge in [0.1, 0.15) is 30.3 Å². The van der Waals surface area contributed by atoms with Crippen LogP contribution in [0.2, 0.25) is 0 Å². The van der Waals surface area contributed by atoms with Gasteiger partial charge in [-0.2, -0.15) is 0 Å². The highest BCUT2D eigenvalue weighted by Gasteiger charge is 2.29. The summed E-state index contributed by atoms with van der Waals surface area (Å²) in [6, 6.07) is 15.6. The van der Waals surface area contributed by atoms with E-state index in [1.165, 1.54) is 19.1 Å². The Morgan fingerprint density at radius 3 is 2.34 bits per heavy atom. The van der Waals surface area contributed by atoms with Gasteiger partial charge in [0.05, 0.1) is 11.3 Å². The number of H-pyrrole nitrogens is 1. The van der Waals surface area contributed by atoms with E-state index in [9.17, 15) is 32.7 Å². The number of hydrogen-bond acceptors (Lipinski definition) is 8. The molecule has 15 nitrogen and oxygen atoms in total. The van der Waals surface area contributed by atoms with Crippen molar-refractivity contribution in [3.05, 3.63) is 101 Å². The van der Waals surface area contributed by atoms with Crippen LogP contribution in [0.5, 0.6) is 5.75 Å². The van der Waals surface area contributed by atoms with Crippen molar-refractivity contribution in [1.82, 2.24) is 20.3 Å². The normalized spacial score (nSPS) is 12.5. The largest absolute Gasteiger partial charge is 0.489 e. The highest BCUT2D eigenvalue weighted by atomic mass is 32.2. The molecule has 0 aliphatic carbocycles. The summed E-state index contributed by atoms with van der Waals surface area (Å²) < 4.78 is 33.7. The number of amides is 3. The number of sulfonamides is 1. The van der Waals surface area contributed by atoms with E-state index in [0.29, 0.717) is 38.9 Å². The van der Waals surface area contributed by atoms with Gasteiger partial charge < -0.3 is 36.9 Å². The first-order valence-corrected chi connectivity index (χ1v) is 17.2. The lowest BCUT2D eigenvalue weighted by Crippen LogP contribution is -2.54. The molecule has 1 aromatic heterocycles. The monoisotopic (exact) mass is 705 g/mol. The number of carboxylic acid groups (broad SMARTS) is 1. The third-order valence-corrected chi connectivity index (χ3v) is 9.21. The van der Waals surface area contributed by atoms with Crippen LogP contribution in [-0.2, 0) is 44.0 Å². The SMILES string of the molecule is CCS(=O)(=O)N[C@H](Cc1c[nH]c2ccc(OCc3cccc(C(=O)O)c3)cc12)C(=O)N[C@@H](CCC(N)=O)C(=O)NCc1ccc(C(=N)N)cc1. The van der Waals surface area contributed by atoms with E-state index < -0.39 is 45.8 Å². The first-order valence-electron chi connectivity index (χ1n) is 15.6. The lowest BCUT2D eigenvalue weighted by atomic mass is 10.0. The number of ether oxygens (including phenoxy) is 1. The molecule has 0 aliphatic heterocycles. The Labute approximate surface area is 288 Å². The number of nitrogens with one attached hydrogen (secondary N) is 5. The minimum Gasteiger partial charge on any atom is -0.489 e. The second-order valence-electron chi connectivity index (χ2n) is 11.5. The van der Waals surface area contributed by atoms with Gasteiger partial charge in [-0.1, -0.05) is 36.4 Å². The minimum atomic E-state index is -3.90. The molecule has 3 amide bonds. The first kappa shape index (κ1) is 37.1.